The van der Waals surface area contributed by atoms with Crippen molar-refractivity contribution in [3.8, 4) is 11.1 Å². The Labute approximate surface area is 199 Å². The van der Waals surface area contributed by atoms with Gasteiger partial charge < -0.3 is 20.5 Å². The summed E-state index contributed by atoms with van der Waals surface area (Å²) in [5.41, 5.74) is 4.61. The van der Waals surface area contributed by atoms with Crippen LogP contribution in [0.3, 0.4) is 0 Å². The van der Waals surface area contributed by atoms with E-state index in [9.17, 15) is 19.5 Å². The highest BCUT2D eigenvalue weighted by Gasteiger charge is 2.30. The summed E-state index contributed by atoms with van der Waals surface area (Å²) in [6.07, 6.45) is 2.82. The van der Waals surface area contributed by atoms with Crippen molar-refractivity contribution in [1.29, 1.82) is 0 Å². The van der Waals surface area contributed by atoms with Crippen LogP contribution in [-0.4, -0.2) is 42.3 Å². The number of fused-ring (bicyclic) bond motifs is 3. The minimum Gasteiger partial charge on any atom is -0.481 e. The Morgan fingerprint density at radius 1 is 1.03 bits per heavy atom. The molecule has 2 aliphatic carbocycles. The first kappa shape index (κ1) is 23.8. The van der Waals surface area contributed by atoms with E-state index >= 15 is 0 Å². The highest BCUT2D eigenvalue weighted by Crippen LogP contribution is 2.44. The normalized spacial score (nSPS) is 16.1. The zero-order valence-electron chi connectivity index (χ0n) is 19.5. The number of aliphatic carboxylic acids is 1. The molecular weight excluding hydrogens is 432 g/mol. The molecule has 0 radical (unpaired) electrons. The Balaban J connectivity index is 1.26. The Kier molecular flexibility index (Phi) is 7.50. The molecule has 34 heavy (non-hydrogen) atoms. The molecule has 7 nitrogen and oxygen atoms in total. The second-order valence-electron chi connectivity index (χ2n) is 9.30. The number of carboxylic acid groups (broad SMARTS) is 1. The second-order valence-corrected chi connectivity index (χ2v) is 9.30. The number of hydrogen-bond donors (Lipinski definition) is 3. The molecule has 180 valence electrons. The third-order valence-corrected chi connectivity index (χ3v) is 6.80. The summed E-state index contributed by atoms with van der Waals surface area (Å²) >= 11 is 0. The van der Waals surface area contributed by atoms with E-state index < -0.39 is 18.0 Å². The monoisotopic (exact) mass is 464 g/mol. The Bertz CT molecular complexity index is 1000. The molecule has 0 saturated heterocycles. The van der Waals surface area contributed by atoms with Crippen LogP contribution in [0.25, 0.3) is 11.1 Å². The molecule has 0 heterocycles. The number of benzene rings is 2. The molecule has 1 unspecified atom stereocenters. The largest absolute Gasteiger partial charge is 0.481 e. The molecule has 2 amide bonds. The molecule has 0 bridgehead atoms. The fourth-order valence-electron chi connectivity index (χ4n) is 4.66. The first-order valence-corrected chi connectivity index (χ1v) is 12.1. The summed E-state index contributed by atoms with van der Waals surface area (Å²) in [7, 11) is 0. The van der Waals surface area contributed by atoms with Gasteiger partial charge in [0.2, 0.25) is 5.91 Å². The van der Waals surface area contributed by atoms with E-state index in [1.54, 1.807) is 0 Å². The number of carbonyl (C=O) groups is 3. The predicted molar refractivity (Wildman–Crippen MR) is 128 cm³/mol. The van der Waals surface area contributed by atoms with E-state index in [0.717, 1.165) is 35.1 Å². The smallest absolute Gasteiger partial charge is 0.407 e. The lowest BCUT2D eigenvalue weighted by atomic mass is 9.98. The topological polar surface area (TPSA) is 105 Å². The van der Waals surface area contributed by atoms with Crippen LogP contribution in [0.15, 0.2) is 48.5 Å². The van der Waals surface area contributed by atoms with Crippen molar-refractivity contribution in [1.82, 2.24) is 10.6 Å². The van der Waals surface area contributed by atoms with Gasteiger partial charge in [0, 0.05) is 24.9 Å². The summed E-state index contributed by atoms with van der Waals surface area (Å²) < 4.78 is 5.57. The standard InChI is InChI=1S/C27H32N2O5/c1-2-19(14-25(30)28-15-18(26(31)32)13-17-11-12-17)29-27(33)34-16-24-22-9-5-3-7-20(22)21-8-4-6-10-23(21)24/h3-10,17-19,24H,2,11-16H2,1H3,(H,28,30)(H,29,33)(H,31,32)/t18?,19-/m0/s1. The van der Waals surface area contributed by atoms with Gasteiger partial charge in [-0.3, -0.25) is 9.59 Å². The number of ether oxygens (including phenoxy) is 1. The van der Waals surface area contributed by atoms with Gasteiger partial charge in [-0.05, 0) is 41.0 Å². The van der Waals surface area contributed by atoms with E-state index in [0.29, 0.717) is 18.8 Å². The number of carbonyl (C=O) groups excluding carboxylic acids is 2. The number of carboxylic acids is 1. The highest BCUT2D eigenvalue weighted by molar-refractivity contribution is 5.80. The van der Waals surface area contributed by atoms with Gasteiger partial charge in [-0.2, -0.15) is 0 Å². The molecular formula is C27H32N2O5. The number of nitrogens with one attached hydrogen (secondary N) is 2. The quantitative estimate of drug-likeness (QED) is 0.460. The van der Waals surface area contributed by atoms with Gasteiger partial charge in [-0.25, -0.2) is 4.79 Å². The van der Waals surface area contributed by atoms with E-state index in [1.807, 2.05) is 31.2 Å². The molecule has 3 N–H and O–H groups in total. The third kappa shape index (κ3) is 5.76. The van der Waals surface area contributed by atoms with Gasteiger partial charge in [-0.1, -0.05) is 68.3 Å². The Morgan fingerprint density at radius 3 is 2.21 bits per heavy atom. The third-order valence-electron chi connectivity index (χ3n) is 6.80. The lowest BCUT2D eigenvalue weighted by Gasteiger charge is -2.19. The van der Waals surface area contributed by atoms with Crippen molar-refractivity contribution >= 4 is 18.0 Å². The summed E-state index contributed by atoms with van der Waals surface area (Å²) in [5, 5.41) is 14.9. The maximum Gasteiger partial charge on any atom is 0.407 e. The minimum atomic E-state index is -0.879. The maximum absolute atomic E-state index is 12.5. The van der Waals surface area contributed by atoms with Crippen LogP contribution >= 0.6 is 0 Å². The minimum absolute atomic E-state index is 0.0269. The summed E-state index contributed by atoms with van der Waals surface area (Å²) in [4.78, 5) is 36.3. The first-order chi connectivity index (χ1) is 16.5. The lowest BCUT2D eigenvalue weighted by Crippen LogP contribution is -2.41. The number of alkyl carbamates (subject to hydrolysis) is 1. The molecule has 2 atom stereocenters. The molecule has 0 aromatic heterocycles. The van der Waals surface area contributed by atoms with Gasteiger partial charge in [0.25, 0.3) is 0 Å². The van der Waals surface area contributed by atoms with Gasteiger partial charge in [0.1, 0.15) is 6.61 Å². The van der Waals surface area contributed by atoms with Crippen molar-refractivity contribution in [3.05, 3.63) is 59.7 Å². The molecule has 1 fully saturated rings. The van der Waals surface area contributed by atoms with Gasteiger partial charge >= 0.3 is 12.1 Å². The summed E-state index contributed by atoms with van der Waals surface area (Å²) in [5.74, 6) is -1.27. The van der Waals surface area contributed by atoms with Crippen LogP contribution in [0.4, 0.5) is 4.79 Å². The van der Waals surface area contributed by atoms with Gasteiger partial charge in [0.15, 0.2) is 0 Å². The van der Waals surface area contributed by atoms with Crippen molar-refractivity contribution in [2.45, 2.75) is 51.0 Å². The Hall–Kier alpha value is -3.35. The summed E-state index contributed by atoms with van der Waals surface area (Å²) in [6.45, 7) is 2.21. The van der Waals surface area contributed by atoms with Crippen LogP contribution in [-0.2, 0) is 14.3 Å². The maximum atomic E-state index is 12.5. The Morgan fingerprint density at radius 2 is 1.65 bits per heavy atom. The van der Waals surface area contributed by atoms with Crippen LogP contribution in [0.1, 0.15) is 56.1 Å². The van der Waals surface area contributed by atoms with Crippen LogP contribution in [0.5, 0.6) is 0 Å². The van der Waals surface area contributed by atoms with Crippen molar-refractivity contribution < 1.29 is 24.2 Å². The van der Waals surface area contributed by atoms with E-state index in [1.165, 1.54) is 0 Å². The number of rotatable bonds is 11. The lowest BCUT2D eigenvalue weighted by molar-refractivity contribution is -0.142. The first-order valence-electron chi connectivity index (χ1n) is 12.1. The molecule has 2 aromatic rings. The predicted octanol–water partition coefficient (Wildman–Crippen LogP) is 4.31. The number of hydrogen-bond acceptors (Lipinski definition) is 4. The van der Waals surface area contributed by atoms with Crippen molar-refractivity contribution in [2.75, 3.05) is 13.2 Å². The average molecular weight is 465 g/mol. The average Bonchev–Trinajstić information content (AvgIpc) is 3.60. The molecule has 4 rings (SSSR count). The molecule has 7 heteroatoms. The van der Waals surface area contributed by atoms with E-state index in [4.69, 9.17) is 4.74 Å². The molecule has 0 aliphatic heterocycles. The van der Waals surface area contributed by atoms with E-state index in [2.05, 4.69) is 34.9 Å². The molecule has 2 aliphatic rings. The van der Waals surface area contributed by atoms with Crippen LogP contribution in [0.2, 0.25) is 0 Å². The SMILES string of the molecule is CC[C@@H](CC(=O)NCC(CC1CC1)C(=O)O)NC(=O)OCC1c2ccccc2-c2ccccc21. The molecule has 1 saturated carbocycles. The zero-order chi connectivity index (χ0) is 24.1. The van der Waals surface area contributed by atoms with Crippen LogP contribution < -0.4 is 10.6 Å². The number of amides is 2. The fourth-order valence-corrected chi connectivity index (χ4v) is 4.66. The zero-order valence-corrected chi connectivity index (χ0v) is 19.5. The van der Waals surface area contributed by atoms with Gasteiger partial charge in [0.05, 0.1) is 5.92 Å². The highest BCUT2D eigenvalue weighted by atomic mass is 16.5. The van der Waals surface area contributed by atoms with Crippen LogP contribution in [0, 0.1) is 11.8 Å². The van der Waals surface area contributed by atoms with E-state index in [-0.39, 0.29) is 37.4 Å². The van der Waals surface area contributed by atoms with Crippen molar-refractivity contribution in [3.63, 3.8) is 0 Å². The molecule has 2 aromatic carbocycles. The van der Waals surface area contributed by atoms with Gasteiger partial charge in [-0.15, -0.1) is 0 Å². The van der Waals surface area contributed by atoms with Crippen molar-refractivity contribution in [2.24, 2.45) is 11.8 Å². The molecule has 0 spiro atoms. The summed E-state index contributed by atoms with van der Waals surface area (Å²) in [6, 6.07) is 15.9. The fraction of sp³-hybridized carbons (Fsp3) is 0.444. The second kappa shape index (κ2) is 10.7.